The zero-order chi connectivity index (χ0) is 28.5. The monoisotopic (exact) mass is 796 g/mol. The van der Waals surface area contributed by atoms with E-state index in [1.165, 1.54) is 0 Å². The van der Waals surface area contributed by atoms with Crippen molar-refractivity contribution in [2.45, 2.75) is 19.8 Å². The normalized spacial score (nSPS) is 11.5. The molecule has 5 rings (SSSR count). The van der Waals surface area contributed by atoms with Crippen LogP contribution in [0.15, 0.2) is 67.0 Å². The Morgan fingerprint density at radius 1 is 1.02 bits per heavy atom. The Hall–Kier alpha value is -3.07. The van der Waals surface area contributed by atoms with Gasteiger partial charge in [-0.25, -0.2) is 0 Å². The zero-order valence-electron chi connectivity index (χ0n) is 23.7. The Morgan fingerprint density at radius 3 is 2.34 bits per heavy atom. The van der Waals surface area contributed by atoms with Gasteiger partial charge in [-0.2, -0.15) is 13.2 Å². The summed E-state index contributed by atoms with van der Waals surface area (Å²) in [7, 11) is 5.93. The number of aromatic amines is 1. The molecule has 41 heavy (non-hydrogen) atoms. The molecule has 0 saturated carbocycles. The molecule has 0 spiro atoms. The van der Waals surface area contributed by atoms with Crippen LogP contribution in [0.2, 0.25) is 0 Å². The van der Waals surface area contributed by atoms with Crippen LogP contribution in [0.25, 0.3) is 26.5 Å². The number of hydrogen-bond donors (Lipinski definition) is 3. The van der Waals surface area contributed by atoms with Gasteiger partial charge < -0.3 is 35.9 Å². The standard InChI is InChI=1S/C25H21N4O3S.C5H13N2.U/c1-2-15-10-17(29-24(31)12-23(30)28-16-6-4-3-5-7-16)8-9-20(15)32-21-14-27-18-11-22(19-13-26-19)33-25(18)21;1-6-4-5-7(2)3;/h3-11,13-14,27H,2,12H2,1H3,(H,28,30)(H,29,31);4-5H2,1-3H3;/q2*-1;+2. The second kappa shape index (κ2) is 15.8. The van der Waals surface area contributed by atoms with Gasteiger partial charge >= 0.3 is 31.1 Å². The van der Waals surface area contributed by atoms with Crippen LogP contribution in [0.4, 0.5) is 11.4 Å². The maximum Gasteiger partial charge on any atom is 2.00 e. The molecule has 3 heterocycles. The number of H-pyrrole nitrogens is 1. The molecule has 9 nitrogen and oxygen atoms in total. The number of hydrogen-bond acceptors (Lipinski definition) is 5. The third-order valence-electron chi connectivity index (χ3n) is 5.92. The number of nitrogens with zero attached hydrogens (tertiary/aromatic N) is 3. The van der Waals surface area contributed by atoms with Crippen LogP contribution in [-0.4, -0.2) is 55.9 Å². The molecule has 2 aromatic heterocycles. The van der Waals surface area contributed by atoms with Gasteiger partial charge in [0.05, 0.1) is 10.2 Å². The zero-order valence-corrected chi connectivity index (χ0v) is 28.6. The van der Waals surface area contributed by atoms with Crippen molar-refractivity contribution in [1.29, 1.82) is 0 Å². The summed E-state index contributed by atoms with van der Waals surface area (Å²) in [6.07, 6.45) is 4.16. The van der Waals surface area contributed by atoms with E-state index < -0.39 is 0 Å². The van der Waals surface area contributed by atoms with Crippen LogP contribution in [0.3, 0.4) is 0 Å². The summed E-state index contributed by atoms with van der Waals surface area (Å²) in [6, 6.07) is 16.6. The molecule has 0 radical (unpaired) electrons. The van der Waals surface area contributed by atoms with E-state index in [0.29, 0.717) is 11.4 Å². The number of para-hydroxylation sites is 1. The smallest absolute Gasteiger partial charge is 0.665 e. The van der Waals surface area contributed by atoms with Crippen molar-refractivity contribution in [3.63, 3.8) is 0 Å². The average molecular weight is 797 g/mol. The van der Waals surface area contributed by atoms with Gasteiger partial charge in [0.1, 0.15) is 12.2 Å². The van der Waals surface area contributed by atoms with Gasteiger partial charge in [0, 0.05) is 22.4 Å². The van der Waals surface area contributed by atoms with E-state index in [1.807, 2.05) is 70.8 Å². The van der Waals surface area contributed by atoms with Crippen LogP contribution in [-0.2, 0) is 16.0 Å². The molecule has 0 unspecified atom stereocenters. The number of aromatic nitrogens is 1. The second-order valence-corrected chi connectivity index (χ2v) is 10.5. The fourth-order valence-electron chi connectivity index (χ4n) is 3.78. The van der Waals surface area contributed by atoms with Gasteiger partial charge in [-0.1, -0.05) is 25.1 Å². The third kappa shape index (κ3) is 9.77. The van der Waals surface area contributed by atoms with E-state index in [0.717, 1.165) is 57.4 Å². The molecule has 0 saturated heterocycles. The Morgan fingerprint density at radius 2 is 1.73 bits per heavy atom. The Labute approximate surface area is 268 Å². The minimum atomic E-state index is -0.377. The first-order valence-corrected chi connectivity index (χ1v) is 13.9. The maximum absolute atomic E-state index is 12.3. The number of benzene rings is 2. The maximum atomic E-state index is 12.3. The van der Waals surface area contributed by atoms with Gasteiger partial charge in [0.15, 0.2) is 5.75 Å². The number of likely N-dealkylation sites (N-methyl/N-ethyl adjacent to an activating group) is 2. The summed E-state index contributed by atoms with van der Waals surface area (Å²) in [5.41, 5.74) is 4.26. The minimum absolute atomic E-state index is 0. The van der Waals surface area contributed by atoms with Crippen molar-refractivity contribution >= 4 is 50.4 Å². The summed E-state index contributed by atoms with van der Waals surface area (Å²) < 4.78 is 7.25. The van der Waals surface area contributed by atoms with Gasteiger partial charge in [0.2, 0.25) is 11.8 Å². The minimum Gasteiger partial charge on any atom is -0.665 e. The Kier molecular flexibility index (Phi) is 12.5. The van der Waals surface area contributed by atoms with E-state index in [9.17, 15) is 9.59 Å². The number of thiophene rings is 1. The first kappa shape index (κ1) is 32.4. The molecule has 212 valence electrons. The van der Waals surface area contributed by atoms with E-state index >= 15 is 0 Å². The quantitative estimate of drug-likeness (QED) is 0.145. The molecule has 0 fully saturated rings. The number of fused-ring (bicyclic) bond motifs is 1. The first-order chi connectivity index (χ1) is 19.4. The number of carbonyl (C=O) groups excluding carboxylic acids is 2. The van der Waals surface area contributed by atoms with Gasteiger partial charge in [-0.3, -0.25) is 9.59 Å². The topological polar surface area (TPSA) is 115 Å². The van der Waals surface area contributed by atoms with Crippen molar-refractivity contribution in [1.82, 2.24) is 9.88 Å². The molecule has 3 N–H and O–H groups in total. The van der Waals surface area contributed by atoms with Gasteiger partial charge in [-0.05, 0) is 69.0 Å². The summed E-state index contributed by atoms with van der Waals surface area (Å²) >= 11 is 1.64. The molecular formula is C30H34N6O3SU. The molecule has 2 aromatic carbocycles. The summed E-state index contributed by atoms with van der Waals surface area (Å²) in [4.78, 5) is 30.9. The average Bonchev–Trinajstić information content (AvgIpc) is 3.60. The molecule has 11 heteroatoms. The predicted molar refractivity (Wildman–Crippen MR) is 164 cm³/mol. The van der Waals surface area contributed by atoms with Gasteiger partial charge in [-0.15, -0.1) is 23.6 Å². The second-order valence-electron chi connectivity index (χ2n) is 9.41. The molecule has 4 aromatic rings. The third-order valence-corrected chi connectivity index (χ3v) is 7.09. The molecule has 0 aliphatic carbocycles. The number of nitrogens with one attached hydrogen (secondary N) is 3. The summed E-state index contributed by atoms with van der Waals surface area (Å²) in [6.45, 7) is 4.04. The van der Waals surface area contributed by atoms with Gasteiger partial charge in [0.25, 0.3) is 0 Å². The van der Waals surface area contributed by atoms with Crippen molar-refractivity contribution in [2.24, 2.45) is 0 Å². The van der Waals surface area contributed by atoms with E-state index in [-0.39, 0.29) is 49.3 Å². The van der Waals surface area contributed by atoms with Crippen molar-refractivity contribution in [2.75, 3.05) is 44.9 Å². The molecule has 0 atom stereocenters. The fourth-order valence-corrected chi connectivity index (χ4v) is 4.82. The number of amides is 2. The van der Waals surface area contributed by atoms with E-state index in [2.05, 4.69) is 37.2 Å². The largest absolute Gasteiger partial charge is 2.00 e. The van der Waals surface area contributed by atoms with Crippen LogP contribution in [0, 0.1) is 31.1 Å². The number of anilines is 2. The van der Waals surface area contributed by atoms with Crippen LogP contribution >= 0.6 is 11.3 Å². The fraction of sp³-hybridized carbons (Fsp3) is 0.267. The molecule has 1 aliphatic rings. The Bertz CT molecular complexity index is 1480. The SMILES string of the molecule is CCc1cc(NC(=O)CC(=O)Nc2ccccc2)ccc1Oc1c[nH]c2cc(C3=C[N-]3)sc12.C[N-]CCN(C)C.[U+2]. The number of aryl methyl sites for hydroxylation is 1. The van der Waals surface area contributed by atoms with Crippen LogP contribution in [0.5, 0.6) is 11.5 Å². The number of carbonyl (C=O) groups is 2. The van der Waals surface area contributed by atoms with Crippen molar-refractivity contribution in [3.05, 3.63) is 88.1 Å². The predicted octanol–water partition coefficient (Wildman–Crippen LogP) is 6.79. The first-order valence-electron chi connectivity index (χ1n) is 13.0. The van der Waals surface area contributed by atoms with E-state index in [1.54, 1.807) is 29.5 Å². The molecule has 1 aliphatic heterocycles. The molecular weight excluding hydrogens is 762 g/mol. The van der Waals surface area contributed by atoms with Crippen LogP contribution < -0.4 is 15.4 Å². The van der Waals surface area contributed by atoms with Crippen molar-refractivity contribution in [3.8, 4) is 11.5 Å². The van der Waals surface area contributed by atoms with Crippen LogP contribution in [0.1, 0.15) is 23.8 Å². The number of rotatable bonds is 11. The summed E-state index contributed by atoms with van der Waals surface area (Å²) in [5.74, 6) is 0.739. The number of ether oxygens (including phenoxy) is 1. The molecule has 0 bridgehead atoms. The summed E-state index contributed by atoms with van der Waals surface area (Å²) in [5, 5.41) is 13.6. The van der Waals surface area contributed by atoms with Crippen molar-refractivity contribution < 1.29 is 45.4 Å². The Balaban J connectivity index is 0.000000516. The molecule has 2 amide bonds. The van der Waals surface area contributed by atoms with E-state index in [4.69, 9.17) is 4.74 Å².